The van der Waals surface area contributed by atoms with Gasteiger partial charge in [-0.3, -0.25) is 9.48 Å². The highest BCUT2D eigenvalue weighted by Crippen LogP contribution is 2.37. The Bertz CT molecular complexity index is 888. The standard InChI is InChI=1S/C16H17N5OS/c1-9-18-15-12(23-9)5-3-4-11-14(15)10(8-17-11)16(22)19-13-6-7-21(2)20-13/h6-8,17H,3-5H2,1-2H3,(H,19,20,22). The highest BCUT2D eigenvalue weighted by atomic mass is 32.1. The fraction of sp³-hybridized carbons (Fsp3) is 0.312. The predicted octanol–water partition coefficient (Wildman–Crippen LogP) is 2.92. The van der Waals surface area contributed by atoms with Crippen molar-refractivity contribution in [1.29, 1.82) is 0 Å². The maximum absolute atomic E-state index is 12.7. The van der Waals surface area contributed by atoms with E-state index in [2.05, 4.69) is 20.4 Å². The lowest BCUT2D eigenvalue weighted by Gasteiger charge is -2.04. The molecule has 6 nitrogen and oxygen atoms in total. The second-order valence-electron chi connectivity index (χ2n) is 5.74. The molecule has 3 aromatic heterocycles. The van der Waals surface area contributed by atoms with E-state index in [1.54, 1.807) is 34.5 Å². The van der Waals surface area contributed by atoms with Gasteiger partial charge in [-0.2, -0.15) is 5.10 Å². The van der Waals surface area contributed by atoms with Gasteiger partial charge in [-0.1, -0.05) is 0 Å². The number of hydrogen-bond acceptors (Lipinski definition) is 4. The van der Waals surface area contributed by atoms with Crippen LogP contribution in [-0.4, -0.2) is 25.7 Å². The van der Waals surface area contributed by atoms with E-state index in [0.29, 0.717) is 11.4 Å². The summed E-state index contributed by atoms with van der Waals surface area (Å²) in [4.78, 5) is 21.9. The van der Waals surface area contributed by atoms with E-state index >= 15 is 0 Å². The first-order valence-electron chi connectivity index (χ1n) is 7.60. The number of nitrogens with zero attached hydrogens (tertiary/aromatic N) is 3. The summed E-state index contributed by atoms with van der Waals surface area (Å²) in [7, 11) is 1.82. The van der Waals surface area contributed by atoms with Crippen molar-refractivity contribution in [2.45, 2.75) is 26.2 Å². The summed E-state index contributed by atoms with van der Waals surface area (Å²) in [6.45, 7) is 2.01. The Labute approximate surface area is 137 Å². The number of hydrogen-bond donors (Lipinski definition) is 2. The molecule has 23 heavy (non-hydrogen) atoms. The van der Waals surface area contributed by atoms with Gasteiger partial charge in [-0.15, -0.1) is 11.3 Å². The van der Waals surface area contributed by atoms with Crippen molar-refractivity contribution in [1.82, 2.24) is 19.7 Å². The van der Waals surface area contributed by atoms with E-state index in [9.17, 15) is 4.79 Å². The predicted molar refractivity (Wildman–Crippen MR) is 89.8 cm³/mol. The summed E-state index contributed by atoms with van der Waals surface area (Å²) < 4.78 is 1.66. The van der Waals surface area contributed by atoms with Gasteiger partial charge in [0.2, 0.25) is 0 Å². The SMILES string of the molecule is Cc1nc2c(s1)CCCc1[nH]cc(C(=O)Nc3ccn(C)n3)c1-2. The van der Waals surface area contributed by atoms with Gasteiger partial charge in [0, 0.05) is 41.6 Å². The molecule has 0 atom stereocenters. The van der Waals surface area contributed by atoms with E-state index < -0.39 is 0 Å². The smallest absolute Gasteiger partial charge is 0.259 e. The Kier molecular flexibility index (Phi) is 3.30. The molecule has 0 radical (unpaired) electrons. The van der Waals surface area contributed by atoms with Gasteiger partial charge in [-0.05, 0) is 26.2 Å². The molecule has 7 heteroatoms. The first-order valence-corrected chi connectivity index (χ1v) is 8.41. The highest BCUT2D eigenvalue weighted by Gasteiger charge is 2.26. The Hall–Kier alpha value is -2.41. The number of nitrogens with one attached hydrogen (secondary N) is 2. The van der Waals surface area contributed by atoms with Gasteiger partial charge in [-0.25, -0.2) is 4.98 Å². The minimum absolute atomic E-state index is 0.153. The molecule has 0 spiro atoms. The van der Waals surface area contributed by atoms with Crippen LogP contribution in [0.15, 0.2) is 18.5 Å². The number of fused-ring (bicyclic) bond motifs is 3. The second kappa shape index (κ2) is 5.34. The number of H-pyrrole nitrogens is 1. The number of aromatic amines is 1. The molecule has 0 aromatic carbocycles. The number of aromatic nitrogens is 4. The van der Waals surface area contributed by atoms with Crippen LogP contribution >= 0.6 is 11.3 Å². The van der Waals surface area contributed by atoms with Crippen LogP contribution in [0.4, 0.5) is 5.82 Å². The topological polar surface area (TPSA) is 75.6 Å². The molecule has 0 unspecified atom stereocenters. The third-order valence-corrected chi connectivity index (χ3v) is 5.06. The van der Waals surface area contributed by atoms with E-state index in [4.69, 9.17) is 0 Å². The minimum atomic E-state index is -0.153. The summed E-state index contributed by atoms with van der Waals surface area (Å²) in [6, 6.07) is 1.78. The van der Waals surface area contributed by atoms with E-state index in [1.165, 1.54) is 4.88 Å². The lowest BCUT2D eigenvalue weighted by molar-refractivity contribution is 0.102. The maximum Gasteiger partial charge on any atom is 0.259 e. The second-order valence-corrected chi connectivity index (χ2v) is 7.03. The monoisotopic (exact) mass is 327 g/mol. The molecule has 0 aliphatic heterocycles. The number of carbonyl (C=O) groups excluding carboxylic acids is 1. The lowest BCUT2D eigenvalue weighted by atomic mass is 10.1. The average molecular weight is 327 g/mol. The molecule has 2 N–H and O–H groups in total. The molecule has 118 valence electrons. The molecule has 1 amide bonds. The molecule has 0 bridgehead atoms. The number of aryl methyl sites for hydroxylation is 4. The van der Waals surface area contributed by atoms with Crippen LogP contribution in [0.25, 0.3) is 11.3 Å². The van der Waals surface area contributed by atoms with E-state index in [0.717, 1.165) is 41.2 Å². The molecular formula is C16H17N5OS. The molecule has 0 saturated heterocycles. The third-order valence-electron chi connectivity index (χ3n) is 4.03. The maximum atomic E-state index is 12.7. The van der Waals surface area contributed by atoms with Gasteiger partial charge >= 0.3 is 0 Å². The first-order chi connectivity index (χ1) is 11.1. The van der Waals surface area contributed by atoms with Crippen LogP contribution in [0.1, 0.15) is 32.4 Å². The Morgan fingerprint density at radius 3 is 3.09 bits per heavy atom. The molecule has 3 aromatic rings. The summed E-state index contributed by atoms with van der Waals surface area (Å²) in [5.74, 6) is 0.399. The summed E-state index contributed by atoms with van der Waals surface area (Å²) in [5, 5.41) is 8.10. The zero-order valence-corrected chi connectivity index (χ0v) is 13.8. The van der Waals surface area contributed by atoms with Crippen LogP contribution in [0, 0.1) is 6.92 Å². The van der Waals surface area contributed by atoms with Crippen LogP contribution in [-0.2, 0) is 19.9 Å². The molecule has 0 saturated carbocycles. The Balaban J connectivity index is 1.75. The lowest BCUT2D eigenvalue weighted by Crippen LogP contribution is -2.13. The number of rotatable bonds is 2. The largest absolute Gasteiger partial charge is 0.364 e. The van der Waals surface area contributed by atoms with Crippen LogP contribution in [0.3, 0.4) is 0 Å². The van der Waals surface area contributed by atoms with Gasteiger partial charge in [0.25, 0.3) is 5.91 Å². The van der Waals surface area contributed by atoms with E-state index in [-0.39, 0.29) is 5.91 Å². The van der Waals surface area contributed by atoms with Crippen molar-refractivity contribution >= 4 is 23.1 Å². The summed E-state index contributed by atoms with van der Waals surface area (Å²) in [6.07, 6.45) is 6.62. The molecule has 3 heterocycles. The molecular weight excluding hydrogens is 310 g/mol. The van der Waals surface area contributed by atoms with Gasteiger partial charge in [0.1, 0.15) is 0 Å². The number of carbonyl (C=O) groups is 1. The zero-order chi connectivity index (χ0) is 16.0. The Morgan fingerprint density at radius 2 is 2.30 bits per heavy atom. The summed E-state index contributed by atoms with van der Waals surface area (Å²) in [5.41, 5.74) is 3.65. The molecule has 1 aliphatic carbocycles. The van der Waals surface area contributed by atoms with Crippen LogP contribution < -0.4 is 5.32 Å². The van der Waals surface area contributed by atoms with Crippen molar-refractivity contribution < 1.29 is 4.79 Å². The fourth-order valence-corrected chi connectivity index (χ4v) is 4.02. The number of thiazole rings is 1. The highest BCUT2D eigenvalue weighted by molar-refractivity contribution is 7.12. The number of anilines is 1. The Morgan fingerprint density at radius 1 is 1.43 bits per heavy atom. The van der Waals surface area contributed by atoms with Crippen LogP contribution in [0.2, 0.25) is 0 Å². The van der Waals surface area contributed by atoms with Crippen molar-refractivity contribution in [2.24, 2.45) is 7.05 Å². The molecule has 4 rings (SSSR count). The van der Waals surface area contributed by atoms with Crippen molar-refractivity contribution in [3.63, 3.8) is 0 Å². The normalized spacial score (nSPS) is 13.3. The first kappa shape index (κ1) is 14.2. The van der Waals surface area contributed by atoms with Crippen LogP contribution in [0.5, 0.6) is 0 Å². The quantitative estimate of drug-likeness (QED) is 0.760. The van der Waals surface area contributed by atoms with Gasteiger partial charge in [0.05, 0.1) is 16.3 Å². The summed E-state index contributed by atoms with van der Waals surface area (Å²) >= 11 is 1.73. The molecule has 0 fully saturated rings. The van der Waals surface area contributed by atoms with Gasteiger partial charge in [0.15, 0.2) is 5.82 Å². The average Bonchev–Trinajstić information content (AvgIpc) is 3.17. The third kappa shape index (κ3) is 2.46. The minimum Gasteiger partial charge on any atom is -0.364 e. The van der Waals surface area contributed by atoms with Crippen molar-refractivity contribution in [3.05, 3.63) is 39.6 Å². The van der Waals surface area contributed by atoms with Gasteiger partial charge < -0.3 is 10.3 Å². The zero-order valence-electron chi connectivity index (χ0n) is 13.0. The fourth-order valence-electron chi connectivity index (χ4n) is 3.04. The molecule has 1 aliphatic rings. The van der Waals surface area contributed by atoms with E-state index in [1.807, 2.05) is 14.0 Å². The van der Waals surface area contributed by atoms with Crippen molar-refractivity contribution in [2.75, 3.05) is 5.32 Å². The van der Waals surface area contributed by atoms with Crippen molar-refractivity contribution in [3.8, 4) is 11.3 Å². The number of amides is 1.